The predicted molar refractivity (Wildman–Crippen MR) is 75.5 cm³/mol. The normalized spacial score (nSPS) is 13.8. The Bertz CT molecular complexity index is 184. The van der Waals surface area contributed by atoms with E-state index in [1.165, 1.54) is 0 Å². The van der Waals surface area contributed by atoms with Gasteiger partial charge in [-0.3, -0.25) is 0 Å². The third kappa shape index (κ3) is 7.48. The molecule has 0 aromatic heterocycles. The molecule has 0 bridgehead atoms. The quantitative estimate of drug-likeness (QED) is 0.404. The maximum absolute atomic E-state index is 6.00. The predicted octanol–water partition coefficient (Wildman–Crippen LogP) is 3.59. The van der Waals surface area contributed by atoms with Crippen molar-refractivity contribution in [3.63, 3.8) is 0 Å². The highest BCUT2D eigenvalue weighted by atomic mass is 28.4. The molecule has 0 aliphatic heterocycles. The number of unbranched alkanes of at least 4 members (excludes halogenated alkanes) is 1. The summed E-state index contributed by atoms with van der Waals surface area (Å²) in [5.74, 6) is 0. The van der Waals surface area contributed by atoms with E-state index in [0.717, 1.165) is 25.3 Å². The van der Waals surface area contributed by atoms with Gasteiger partial charge in [0.2, 0.25) is 0 Å². The van der Waals surface area contributed by atoms with Crippen LogP contribution in [0.25, 0.3) is 0 Å². The lowest BCUT2D eigenvalue weighted by atomic mass is 10.4. The summed E-state index contributed by atoms with van der Waals surface area (Å²) in [6, 6.07) is 0.866. The first-order valence-corrected chi connectivity index (χ1v) is 9.14. The van der Waals surface area contributed by atoms with Crippen LogP contribution in [0.2, 0.25) is 6.04 Å². The van der Waals surface area contributed by atoms with E-state index < -0.39 is 8.80 Å². The first kappa shape index (κ1) is 18.1. The van der Waals surface area contributed by atoms with Crippen LogP contribution in [-0.2, 0) is 18.0 Å². The number of hydrogen-bond donors (Lipinski definition) is 0. The molecule has 1 unspecified atom stereocenters. The van der Waals surface area contributed by atoms with Crippen molar-refractivity contribution in [2.75, 3.05) is 19.8 Å². The van der Waals surface area contributed by atoms with Gasteiger partial charge < -0.3 is 18.0 Å². The topological polar surface area (TPSA) is 36.9 Å². The van der Waals surface area contributed by atoms with Gasteiger partial charge in [-0.25, -0.2) is 0 Å². The number of rotatable bonds is 12. The molecule has 4 nitrogen and oxygen atoms in total. The van der Waals surface area contributed by atoms with Crippen molar-refractivity contribution in [3.05, 3.63) is 0 Å². The maximum atomic E-state index is 6.00. The van der Waals surface area contributed by atoms with Crippen LogP contribution < -0.4 is 0 Å². The van der Waals surface area contributed by atoms with Crippen molar-refractivity contribution in [2.45, 2.75) is 66.2 Å². The number of ether oxygens (including phenoxy) is 1. The van der Waals surface area contributed by atoms with Crippen LogP contribution in [0.5, 0.6) is 0 Å². The fourth-order valence-corrected chi connectivity index (χ4v) is 4.58. The molecule has 0 aliphatic carbocycles. The molecule has 0 aromatic rings. The van der Waals surface area contributed by atoms with Crippen molar-refractivity contribution in [2.24, 2.45) is 0 Å². The van der Waals surface area contributed by atoms with Crippen LogP contribution in [0.4, 0.5) is 0 Å². The monoisotopic (exact) mass is 278 g/mol. The van der Waals surface area contributed by atoms with Gasteiger partial charge in [-0.2, -0.15) is 0 Å². The van der Waals surface area contributed by atoms with Gasteiger partial charge in [0.05, 0.1) is 0 Å². The minimum atomic E-state index is -2.55. The molecule has 0 rings (SSSR count). The zero-order valence-electron chi connectivity index (χ0n) is 12.7. The SMILES string of the molecule is CCCC[Si](OCC)(OCC)OC(C)OCCC. The Morgan fingerprint density at radius 3 is 2.00 bits per heavy atom. The highest BCUT2D eigenvalue weighted by Crippen LogP contribution is 2.21. The molecule has 0 aliphatic rings. The summed E-state index contributed by atoms with van der Waals surface area (Å²) in [6.45, 7) is 12.1. The fourth-order valence-electron chi connectivity index (χ4n) is 1.72. The minimum absolute atomic E-state index is 0.258. The van der Waals surface area contributed by atoms with E-state index >= 15 is 0 Å². The van der Waals surface area contributed by atoms with E-state index in [4.69, 9.17) is 18.0 Å². The Kier molecular flexibility index (Phi) is 11.0. The molecular weight excluding hydrogens is 248 g/mol. The molecule has 0 N–H and O–H groups in total. The Balaban J connectivity index is 4.47. The van der Waals surface area contributed by atoms with Gasteiger partial charge >= 0.3 is 8.80 Å². The van der Waals surface area contributed by atoms with Crippen LogP contribution in [0.1, 0.15) is 53.9 Å². The van der Waals surface area contributed by atoms with Gasteiger partial charge in [-0.05, 0) is 33.6 Å². The highest BCUT2D eigenvalue weighted by molar-refractivity contribution is 6.60. The van der Waals surface area contributed by atoms with Crippen LogP contribution in [0, 0.1) is 0 Å². The largest absolute Gasteiger partial charge is 0.502 e. The molecule has 5 heteroatoms. The molecule has 0 radical (unpaired) electrons. The zero-order valence-corrected chi connectivity index (χ0v) is 13.7. The lowest BCUT2D eigenvalue weighted by Crippen LogP contribution is -2.48. The average Bonchev–Trinajstić information content (AvgIpc) is 2.34. The molecule has 110 valence electrons. The van der Waals surface area contributed by atoms with Crippen molar-refractivity contribution in [1.82, 2.24) is 0 Å². The van der Waals surface area contributed by atoms with Gasteiger partial charge in [0, 0.05) is 25.9 Å². The Labute approximate surface area is 113 Å². The smallest absolute Gasteiger partial charge is 0.374 e. The third-order valence-electron chi connectivity index (χ3n) is 2.47. The second-order valence-electron chi connectivity index (χ2n) is 4.21. The van der Waals surface area contributed by atoms with E-state index in [9.17, 15) is 0 Å². The molecule has 0 heterocycles. The van der Waals surface area contributed by atoms with E-state index in [0.29, 0.717) is 19.8 Å². The first-order chi connectivity index (χ1) is 8.64. The van der Waals surface area contributed by atoms with Crippen molar-refractivity contribution in [1.29, 1.82) is 0 Å². The Hall–Kier alpha value is 0.0569. The van der Waals surface area contributed by atoms with Gasteiger partial charge in [0.25, 0.3) is 0 Å². The second-order valence-corrected chi connectivity index (χ2v) is 6.89. The van der Waals surface area contributed by atoms with E-state index in [-0.39, 0.29) is 6.29 Å². The van der Waals surface area contributed by atoms with Crippen LogP contribution in [0.3, 0.4) is 0 Å². The number of hydrogen-bond acceptors (Lipinski definition) is 4. The summed E-state index contributed by atoms with van der Waals surface area (Å²) in [6.07, 6.45) is 2.90. The summed E-state index contributed by atoms with van der Waals surface area (Å²) in [4.78, 5) is 0. The lowest BCUT2D eigenvalue weighted by molar-refractivity contribution is -0.108. The van der Waals surface area contributed by atoms with Gasteiger partial charge in [0.15, 0.2) is 0 Å². The lowest BCUT2D eigenvalue weighted by Gasteiger charge is -2.31. The molecule has 0 saturated heterocycles. The zero-order chi connectivity index (χ0) is 13.9. The molecular formula is C13H30O4Si. The fraction of sp³-hybridized carbons (Fsp3) is 1.00. The molecule has 0 saturated carbocycles. The molecule has 0 fully saturated rings. The standard InChI is InChI=1S/C13H30O4Si/c1-6-10-12-18(15-8-3,16-9-4)17-13(5)14-11-7-2/h13H,6-12H2,1-5H3. The van der Waals surface area contributed by atoms with Crippen LogP contribution in [-0.4, -0.2) is 34.9 Å². The molecule has 18 heavy (non-hydrogen) atoms. The van der Waals surface area contributed by atoms with Crippen molar-refractivity contribution >= 4 is 8.80 Å². The second kappa shape index (κ2) is 10.9. The maximum Gasteiger partial charge on any atom is 0.502 e. The Morgan fingerprint density at radius 1 is 0.944 bits per heavy atom. The summed E-state index contributed by atoms with van der Waals surface area (Å²) in [7, 11) is -2.55. The molecule has 1 atom stereocenters. The third-order valence-corrected chi connectivity index (χ3v) is 5.58. The summed E-state index contributed by atoms with van der Waals surface area (Å²) in [5, 5.41) is 0. The first-order valence-electron chi connectivity index (χ1n) is 7.21. The van der Waals surface area contributed by atoms with E-state index in [1.54, 1.807) is 0 Å². The summed E-state index contributed by atoms with van der Waals surface area (Å²) < 4.78 is 23.2. The molecule has 0 amide bonds. The molecule has 0 aromatic carbocycles. The van der Waals surface area contributed by atoms with Crippen LogP contribution >= 0.6 is 0 Å². The van der Waals surface area contributed by atoms with Crippen LogP contribution in [0.15, 0.2) is 0 Å². The van der Waals surface area contributed by atoms with E-state index in [1.807, 2.05) is 20.8 Å². The van der Waals surface area contributed by atoms with Gasteiger partial charge in [-0.1, -0.05) is 20.3 Å². The van der Waals surface area contributed by atoms with Gasteiger partial charge in [0.1, 0.15) is 6.29 Å². The summed E-state index contributed by atoms with van der Waals surface area (Å²) >= 11 is 0. The van der Waals surface area contributed by atoms with Crippen molar-refractivity contribution < 1.29 is 18.0 Å². The molecule has 0 spiro atoms. The van der Waals surface area contributed by atoms with E-state index in [2.05, 4.69) is 13.8 Å². The summed E-state index contributed by atoms with van der Waals surface area (Å²) in [5.41, 5.74) is 0. The van der Waals surface area contributed by atoms with Crippen molar-refractivity contribution in [3.8, 4) is 0 Å². The average molecular weight is 278 g/mol. The highest BCUT2D eigenvalue weighted by Gasteiger charge is 2.41. The van der Waals surface area contributed by atoms with Gasteiger partial charge in [-0.15, -0.1) is 0 Å². The minimum Gasteiger partial charge on any atom is -0.374 e. The Morgan fingerprint density at radius 2 is 1.56 bits per heavy atom.